The highest BCUT2D eigenvalue weighted by Gasteiger charge is 2.17. The maximum atomic E-state index is 12.0. The van der Waals surface area contributed by atoms with Gasteiger partial charge in [-0.1, -0.05) is 31.2 Å². The van der Waals surface area contributed by atoms with Gasteiger partial charge in [-0.15, -0.1) is 0 Å². The van der Waals surface area contributed by atoms with E-state index in [0.717, 1.165) is 11.1 Å². The van der Waals surface area contributed by atoms with Crippen LogP contribution in [0.5, 0.6) is 0 Å². The molecule has 1 aromatic carbocycles. The van der Waals surface area contributed by atoms with E-state index in [-0.39, 0.29) is 11.8 Å². The lowest BCUT2D eigenvalue weighted by Crippen LogP contribution is -2.38. The number of hydrogen-bond acceptors (Lipinski definition) is 4. The summed E-state index contributed by atoms with van der Waals surface area (Å²) in [5.41, 5.74) is 7.21. The van der Waals surface area contributed by atoms with Gasteiger partial charge in [-0.25, -0.2) is 13.1 Å². The standard InChI is InChI=1S/C13H22N2O3S/c1-3-13(9-18-2)15-19(16,17)10-12-6-4-5-11(7-12)8-14/h4-7,13,15H,3,8-10,14H2,1-2H3. The molecule has 0 aliphatic heterocycles. The van der Waals surface area contributed by atoms with E-state index in [1.54, 1.807) is 13.2 Å². The number of hydrogen-bond donors (Lipinski definition) is 2. The van der Waals surface area contributed by atoms with Crippen LogP contribution < -0.4 is 10.5 Å². The zero-order chi connectivity index (χ0) is 14.3. The third-order valence-electron chi connectivity index (χ3n) is 2.79. The monoisotopic (exact) mass is 286 g/mol. The van der Waals surface area contributed by atoms with Crippen molar-refractivity contribution in [2.75, 3.05) is 13.7 Å². The van der Waals surface area contributed by atoms with Crippen LogP contribution in [-0.2, 0) is 27.1 Å². The molecule has 5 nitrogen and oxygen atoms in total. The van der Waals surface area contributed by atoms with Crippen LogP contribution in [0.1, 0.15) is 24.5 Å². The van der Waals surface area contributed by atoms with E-state index >= 15 is 0 Å². The molecule has 1 unspecified atom stereocenters. The number of ether oxygens (including phenoxy) is 1. The Morgan fingerprint density at radius 2 is 2.05 bits per heavy atom. The Kier molecular flexibility index (Phi) is 6.44. The van der Waals surface area contributed by atoms with E-state index in [9.17, 15) is 8.42 Å². The van der Waals surface area contributed by atoms with Crippen molar-refractivity contribution < 1.29 is 13.2 Å². The second-order valence-corrected chi connectivity index (χ2v) is 6.22. The predicted octanol–water partition coefficient (Wildman–Crippen LogP) is 0.990. The maximum Gasteiger partial charge on any atom is 0.216 e. The van der Waals surface area contributed by atoms with Gasteiger partial charge < -0.3 is 10.5 Å². The Hall–Kier alpha value is -0.950. The number of methoxy groups -OCH3 is 1. The van der Waals surface area contributed by atoms with E-state index in [1.165, 1.54) is 0 Å². The van der Waals surface area contributed by atoms with Gasteiger partial charge in [0.05, 0.1) is 12.4 Å². The lowest BCUT2D eigenvalue weighted by molar-refractivity contribution is 0.173. The first-order valence-corrected chi connectivity index (χ1v) is 7.92. The topological polar surface area (TPSA) is 81.4 Å². The summed E-state index contributed by atoms with van der Waals surface area (Å²) in [6, 6.07) is 7.11. The zero-order valence-corrected chi connectivity index (χ0v) is 12.2. The van der Waals surface area contributed by atoms with Crippen LogP contribution in [0.3, 0.4) is 0 Å². The number of rotatable bonds is 8. The second kappa shape index (κ2) is 7.59. The van der Waals surface area contributed by atoms with Crippen molar-refractivity contribution in [2.45, 2.75) is 31.7 Å². The molecule has 1 rings (SSSR count). The Bertz CT molecular complexity index is 488. The van der Waals surface area contributed by atoms with Gasteiger partial charge in [-0.2, -0.15) is 0 Å². The number of nitrogens with one attached hydrogen (secondary N) is 1. The van der Waals surface area contributed by atoms with Gasteiger partial charge in [-0.3, -0.25) is 0 Å². The minimum atomic E-state index is -3.36. The van der Waals surface area contributed by atoms with E-state index in [0.29, 0.717) is 19.6 Å². The van der Waals surface area contributed by atoms with Gasteiger partial charge in [0.15, 0.2) is 0 Å². The van der Waals surface area contributed by atoms with E-state index in [4.69, 9.17) is 10.5 Å². The molecule has 0 amide bonds. The zero-order valence-electron chi connectivity index (χ0n) is 11.4. The van der Waals surface area contributed by atoms with E-state index in [2.05, 4.69) is 4.72 Å². The van der Waals surface area contributed by atoms with Crippen LogP contribution in [0.4, 0.5) is 0 Å². The minimum absolute atomic E-state index is 0.0406. The SMILES string of the molecule is CCC(COC)NS(=O)(=O)Cc1cccc(CN)c1. The van der Waals surface area contributed by atoms with Crippen LogP contribution in [0.15, 0.2) is 24.3 Å². The van der Waals surface area contributed by atoms with Gasteiger partial charge in [0.25, 0.3) is 0 Å². The summed E-state index contributed by atoms with van der Waals surface area (Å²) >= 11 is 0. The first-order chi connectivity index (χ1) is 9.00. The third kappa shape index (κ3) is 5.69. The largest absolute Gasteiger partial charge is 0.383 e. The molecule has 0 bridgehead atoms. The molecule has 6 heteroatoms. The van der Waals surface area contributed by atoms with Gasteiger partial charge in [-0.05, 0) is 17.5 Å². The van der Waals surface area contributed by atoms with E-state index in [1.807, 2.05) is 25.1 Å². The summed E-state index contributed by atoms with van der Waals surface area (Å²) in [6.07, 6.45) is 0.690. The molecular weight excluding hydrogens is 264 g/mol. The lowest BCUT2D eigenvalue weighted by atomic mass is 10.1. The highest BCUT2D eigenvalue weighted by atomic mass is 32.2. The first-order valence-electron chi connectivity index (χ1n) is 6.27. The quantitative estimate of drug-likeness (QED) is 0.746. The van der Waals surface area contributed by atoms with Gasteiger partial charge in [0.2, 0.25) is 10.0 Å². The molecular formula is C13H22N2O3S. The molecule has 0 aliphatic carbocycles. The molecule has 0 radical (unpaired) electrons. The molecule has 19 heavy (non-hydrogen) atoms. The molecule has 0 aliphatic rings. The number of sulfonamides is 1. The van der Waals surface area contributed by atoms with Crippen LogP contribution in [0.2, 0.25) is 0 Å². The molecule has 0 heterocycles. The summed E-state index contributed by atoms with van der Waals surface area (Å²) < 4.78 is 31.7. The highest BCUT2D eigenvalue weighted by Crippen LogP contribution is 2.09. The molecule has 108 valence electrons. The molecule has 0 saturated heterocycles. The van der Waals surface area contributed by atoms with Crippen molar-refractivity contribution in [3.05, 3.63) is 35.4 Å². The smallest absolute Gasteiger partial charge is 0.216 e. The molecule has 0 fully saturated rings. The Morgan fingerprint density at radius 1 is 1.37 bits per heavy atom. The van der Waals surface area contributed by atoms with Gasteiger partial charge in [0.1, 0.15) is 0 Å². The van der Waals surface area contributed by atoms with Crippen molar-refractivity contribution in [3.8, 4) is 0 Å². The molecule has 0 saturated carbocycles. The van der Waals surface area contributed by atoms with Gasteiger partial charge >= 0.3 is 0 Å². The maximum absolute atomic E-state index is 12.0. The van der Waals surface area contributed by atoms with Crippen molar-refractivity contribution in [1.82, 2.24) is 4.72 Å². The number of nitrogens with two attached hydrogens (primary N) is 1. The van der Waals surface area contributed by atoms with Crippen LogP contribution in [-0.4, -0.2) is 28.2 Å². The van der Waals surface area contributed by atoms with Crippen molar-refractivity contribution in [2.24, 2.45) is 5.73 Å². The average Bonchev–Trinajstić information content (AvgIpc) is 2.37. The highest BCUT2D eigenvalue weighted by molar-refractivity contribution is 7.88. The first kappa shape index (κ1) is 16.1. The summed E-state index contributed by atoms with van der Waals surface area (Å²) in [7, 11) is -1.81. The fourth-order valence-corrected chi connectivity index (χ4v) is 3.24. The summed E-state index contributed by atoms with van der Waals surface area (Å²) in [4.78, 5) is 0. The molecule has 1 aromatic rings. The predicted molar refractivity (Wildman–Crippen MR) is 76.0 cm³/mol. The van der Waals surface area contributed by atoms with Crippen LogP contribution in [0, 0.1) is 0 Å². The summed E-state index contributed by atoms with van der Waals surface area (Å²) in [5, 5.41) is 0. The van der Waals surface area contributed by atoms with Crippen molar-refractivity contribution in [3.63, 3.8) is 0 Å². The Balaban J connectivity index is 2.72. The van der Waals surface area contributed by atoms with Crippen molar-refractivity contribution in [1.29, 1.82) is 0 Å². The number of benzene rings is 1. The molecule has 1 atom stereocenters. The average molecular weight is 286 g/mol. The van der Waals surface area contributed by atoms with Crippen LogP contribution >= 0.6 is 0 Å². The summed E-state index contributed by atoms with van der Waals surface area (Å²) in [5.74, 6) is -0.0406. The normalized spacial score (nSPS) is 13.4. The molecule has 0 spiro atoms. The molecule has 0 aromatic heterocycles. The second-order valence-electron chi connectivity index (χ2n) is 4.46. The Labute approximate surface area is 115 Å². The molecule has 3 N–H and O–H groups in total. The minimum Gasteiger partial charge on any atom is -0.383 e. The third-order valence-corrected chi connectivity index (χ3v) is 4.20. The Morgan fingerprint density at radius 3 is 2.63 bits per heavy atom. The fraction of sp³-hybridized carbons (Fsp3) is 0.538. The summed E-state index contributed by atoms with van der Waals surface area (Å²) in [6.45, 7) is 2.70. The fourth-order valence-electron chi connectivity index (χ4n) is 1.80. The van der Waals surface area contributed by atoms with Gasteiger partial charge in [0, 0.05) is 19.7 Å². The lowest BCUT2D eigenvalue weighted by Gasteiger charge is -2.16. The van der Waals surface area contributed by atoms with E-state index < -0.39 is 10.0 Å². The van der Waals surface area contributed by atoms with Crippen LogP contribution in [0.25, 0.3) is 0 Å². The van der Waals surface area contributed by atoms with Crippen molar-refractivity contribution >= 4 is 10.0 Å².